The molecule has 2 amide bonds. The lowest BCUT2D eigenvalue weighted by Crippen LogP contribution is -2.57. The van der Waals surface area contributed by atoms with Crippen molar-refractivity contribution >= 4 is 23.6 Å². The van der Waals surface area contributed by atoms with Crippen molar-refractivity contribution in [3.05, 3.63) is 47.3 Å². The zero-order valence-corrected chi connectivity index (χ0v) is 29.0. The largest absolute Gasteiger partial charge is 0.444 e. The Morgan fingerprint density at radius 1 is 0.878 bits per heavy atom. The molecule has 0 N–H and O–H groups in total. The summed E-state index contributed by atoms with van der Waals surface area (Å²) in [5.74, 6) is 0.464. The van der Waals surface area contributed by atoms with Gasteiger partial charge in [-0.25, -0.2) is 14.8 Å². The molecule has 2 unspecified atom stereocenters. The van der Waals surface area contributed by atoms with Crippen LogP contribution in [0.3, 0.4) is 0 Å². The van der Waals surface area contributed by atoms with Crippen LogP contribution in [0.1, 0.15) is 110 Å². The molecule has 8 nitrogen and oxygen atoms in total. The van der Waals surface area contributed by atoms with Gasteiger partial charge in [0.05, 0.1) is 29.2 Å². The molecule has 2 aromatic rings. The molecule has 0 saturated carbocycles. The summed E-state index contributed by atoms with van der Waals surface area (Å²) in [6.45, 7) is 11.4. The number of aromatic nitrogens is 2. The van der Waals surface area contributed by atoms with Crippen LogP contribution >= 0.6 is 0 Å². The molecular formula is C35H47F6N5O3. The summed E-state index contributed by atoms with van der Waals surface area (Å²) in [4.78, 5) is 40.4. The molecule has 0 spiro atoms. The average molecular weight is 700 g/mol. The van der Waals surface area contributed by atoms with Crippen molar-refractivity contribution in [3.63, 3.8) is 0 Å². The monoisotopic (exact) mass is 699 g/mol. The molecule has 3 heterocycles. The molecule has 1 aromatic heterocycles. The first-order valence-electron chi connectivity index (χ1n) is 17.0. The van der Waals surface area contributed by atoms with Crippen LogP contribution in [0.25, 0.3) is 0 Å². The van der Waals surface area contributed by atoms with Gasteiger partial charge in [0.15, 0.2) is 0 Å². The molecule has 2 saturated heterocycles. The van der Waals surface area contributed by atoms with Gasteiger partial charge in [-0.05, 0) is 89.0 Å². The van der Waals surface area contributed by atoms with Gasteiger partial charge < -0.3 is 19.4 Å². The fourth-order valence-corrected chi connectivity index (χ4v) is 6.84. The van der Waals surface area contributed by atoms with E-state index in [1.165, 1.54) is 12.4 Å². The first-order valence-corrected chi connectivity index (χ1v) is 17.0. The molecule has 2 fully saturated rings. The minimum Gasteiger partial charge on any atom is -0.444 e. The predicted octanol–water partition coefficient (Wildman–Crippen LogP) is 9.02. The number of benzene rings is 1. The fourth-order valence-electron chi connectivity index (χ4n) is 6.84. The summed E-state index contributed by atoms with van der Waals surface area (Å²) in [6, 6.07) is 0.457. The quantitative estimate of drug-likeness (QED) is 0.256. The first-order chi connectivity index (χ1) is 22.8. The van der Waals surface area contributed by atoms with Gasteiger partial charge in [0.2, 0.25) is 11.9 Å². The molecular weight excluding hydrogens is 652 g/mol. The number of hydrogen-bond donors (Lipinski definition) is 0. The second-order valence-electron chi connectivity index (χ2n) is 14.1. The van der Waals surface area contributed by atoms with Gasteiger partial charge in [-0.3, -0.25) is 4.79 Å². The Morgan fingerprint density at radius 2 is 1.43 bits per heavy atom. The number of piperidine rings is 1. The van der Waals surface area contributed by atoms with Gasteiger partial charge in [-0.1, -0.05) is 27.2 Å². The minimum atomic E-state index is -5.01. The lowest BCUT2D eigenvalue weighted by Gasteiger charge is -2.48. The van der Waals surface area contributed by atoms with Crippen LogP contribution in [0, 0.1) is 5.92 Å². The van der Waals surface area contributed by atoms with Gasteiger partial charge in [0.25, 0.3) is 0 Å². The second-order valence-corrected chi connectivity index (χ2v) is 14.1. The molecule has 4 rings (SSSR count). The molecule has 0 aliphatic carbocycles. The molecule has 14 heteroatoms. The Bertz CT molecular complexity index is 1400. The molecule has 1 aromatic carbocycles. The predicted molar refractivity (Wildman–Crippen MR) is 174 cm³/mol. The highest BCUT2D eigenvalue weighted by Crippen LogP contribution is 2.39. The summed E-state index contributed by atoms with van der Waals surface area (Å²) >= 11 is 0. The highest BCUT2D eigenvalue weighted by Gasteiger charge is 2.42. The molecule has 49 heavy (non-hydrogen) atoms. The lowest BCUT2D eigenvalue weighted by molar-refractivity contribution is -0.143. The zero-order chi connectivity index (χ0) is 36.3. The smallest absolute Gasteiger partial charge is 0.416 e. The van der Waals surface area contributed by atoms with E-state index in [0.717, 1.165) is 31.4 Å². The van der Waals surface area contributed by atoms with E-state index in [9.17, 15) is 35.9 Å². The van der Waals surface area contributed by atoms with E-state index in [2.05, 4.69) is 16.9 Å². The Labute approximate surface area is 284 Å². The van der Waals surface area contributed by atoms with E-state index in [-0.39, 0.29) is 42.1 Å². The fraction of sp³-hybridized carbons (Fsp3) is 0.657. The third kappa shape index (κ3) is 9.56. The summed E-state index contributed by atoms with van der Waals surface area (Å²) < 4.78 is 88.6. The summed E-state index contributed by atoms with van der Waals surface area (Å²) in [5, 5.41) is 0. The van der Waals surface area contributed by atoms with E-state index < -0.39 is 41.2 Å². The third-order valence-corrected chi connectivity index (χ3v) is 9.46. The van der Waals surface area contributed by atoms with E-state index in [1.807, 2.05) is 13.8 Å². The molecule has 0 radical (unpaired) electrons. The topological polar surface area (TPSA) is 78.9 Å². The Balaban J connectivity index is 1.75. The number of likely N-dealkylation sites (tertiary alicyclic amines) is 1. The van der Waals surface area contributed by atoms with E-state index in [0.29, 0.717) is 50.3 Å². The molecule has 2 aliphatic heterocycles. The third-order valence-electron chi connectivity index (χ3n) is 9.46. The van der Waals surface area contributed by atoms with Crippen LogP contribution in [-0.4, -0.2) is 57.1 Å². The van der Waals surface area contributed by atoms with Crippen molar-refractivity contribution in [2.75, 3.05) is 16.3 Å². The van der Waals surface area contributed by atoms with E-state index >= 15 is 0 Å². The van der Waals surface area contributed by atoms with Crippen LogP contribution in [0.15, 0.2) is 30.6 Å². The Hall–Kier alpha value is -3.58. The molecule has 272 valence electrons. The van der Waals surface area contributed by atoms with Crippen LogP contribution in [-0.2, 0) is 28.4 Å². The molecule has 2 aliphatic rings. The number of alkyl halides is 6. The van der Waals surface area contributed by atoms with Crippen molar-refractivity contribution in [1.29, 1.82) is 0 Å². The number of carbonyl (C=O) groups is 2. The SMILES string of the molecule is CCC1CCC(=O)N(c2cnc(N(Cc3cc(C(F)(F)F)cc(C(F)(F)F)c3)C3C[C@@H](CC)N(C(=O)OC(C)(C)C)[C@@H](CC)C3)nc2)CC1. The lowest BCUT2D eigenvalue weighted by atomic mass is 9.87. The van der Waals surface area contributed by atoms with Gasteiger partial charge in [-0.2, -0.15) is 26.3 Å². The van der Waals surface area contributed by atoms with Crippen LogP contribution in [0.5, 0.6) is 0 Å². The number of amides is 2. The normalized spacial score (nSPS) is 22.6. The first kappa shape index (κ1) is 38.2. The summed E-state index contributed by atoms with van der Waals surface area (Å²) in [7, 11) is 0. The molecule has 0 bridgehead atoms. The Kier molecular flexibility index (Phi) is 11.8. The van der Waals surface area contributed by atoms with Crippen molar-refractivity contribution in [2.24, 2.45) is 5.92 Å². The number of anilines is 2. The zero-order valence-electron chi connectivity index (χ0n) is 29.0. The van der Waals surface area contributed by atoms with Crippen LogP contribution < -0.4 is 9.80 Å². The van der Waals surface area contributed by atoms with Crippen LogP contribution in [0.2, 0.25) is 0 Å². The van der Waals surface area contributed by atoms with Crippen molar-refractivity contribution in [1.82, 2.24) is 14.9 Å². The van der Waals surface area contributed by atoms with Gasteiger partial charge >= 0.3 is 18.4 Å². The number of rotatable bonds is 8. The number of carbonyl (C=O) groups excluding carboxylic acids is 2. The van der Waals surface area contributed by atoms with Gasteiger partial charge in [0.1, 0.15) is 5.60 Å². The van der Waals surface area contributed by atoms with Crippen molar-refractivity contribution in [2.45, 2.75) is 136 Å². The number of hydrogen-bond acceptors (Lipinski definition) is 6. The second kappa shape index (κ2) is 15.1. The highest BCUT2D eigenvalue weighted by molar-refractivity contribution is 5.93. The summed E-state index contributed by atoms with van der Waals surface area (Å²) in [6.07, 6.45) is -2.78. The maximum absolute atomic E-state index is 13.8. The number of halogens is 6. The van der Waals surface area contributed by atoms with Crippen molar-refractivity contribution in [3.8, 4) is 0 Å². The maximum Gasteiger partial charge on any atom is 0.416 e. The van der Waals surface area contributed by atoms with Gasteiger partial charge in [-0.15, -0.1) is 0 Å². The molecule has 4 atom stereocenters. The minimum absolute atomic E-state index is 0.0566. The van der Waals surface area contributed by atoms with Gasteiger partial charge in [0, 0.05) is 37.6 Å². The van der Waals surface area contributed by atoms with Crippen molar-refractivity contribution < 1.29 is 40.7 Å². The highest BCUT2D eigenvalue weighted by atomic mass is 19.4. The van der Waals surface area contributed by atoms with E-state index in [4.69, 9.17) is 4.74 Å². The Morgan fingerprint density at radius 3 is 1.90 bits per heavy atom. The summed E-state index contributed by atoms with van der Waals surface area (Å²) in [5.41, 5.74) is -3.29. The van der Waals surface area contributed by atoms with Crippen LogP contribution in [0.4, 0.5) is 42.8 Å². The average Bonchev–Trinajstić information content (AvgIpc) is 3.22. The number of ether oxygens (including phenoxy) is 1. The van der Waals surface area contributed by atoms with E-state index in [1.54, 1.807) is 35.5 Å². The maximum atomic E-state index is 13.8. The standard InChI is InChI=1S/C35H47F6N5O3/c1-7-22-10-11-30(47)44(13-12-22)29-19-42-31(43-20-29)45(21-23-14-24(34(36,37)38)16-25(15-23)35(39,40)41)28-17-26(8-2)46(27(9-3)18-28)32(48)49-33(4,5)6/h14-16,19-20,22,26-28H,7-13,17-18,21H2,1-6H3/t22?,26-,27+,28?. The number of nitrogens with zero attached hydrogens (tertiary/aromatic N) is 5.